The summed E-state index contributed by atoms with van der Waals surface area (Å²) in [6, 6.07) is 13.8. The zero-order chi connectivity index (χ0) is 24.4. The van der Waals surface area contributed by atoms with Crippen molar-refractivity contribution < 1.29 is 13.2 Å². The van der Waals surface area contributed by atoms with E-state index in [4.69, 9.17) is 0 Å². The van der Waals surface area contributed by atoms with E-state index in [2.05, 4.69) is 27.0 Å². The van der Waals surface area contributed by atoms with E-state index < -0.39 is 10.0 Å². The van der Waals surface area contributed by atoms with Crippen LogP contribution in [0.2, 0.25) is 0 Å². The SMILES string of the molecule is CC1CCN(S(=O)(=O)c2ccc(C(=O)Nc3cccc(-c4nnc5n4CCCCC5)c3)cc2)CC1. The van der Waals surface area contributed by atoms with E-state index in [0.717, 1.165) is 55.9 Å². The van der Waals surface area contributed by atoms with Crippen molar-refractivity contribution in [3.05, 3.63) is 59.9 Å². The van der Waals surface area contributed by atoms with Crippen LogP contribution < -0.4 is 5.32 Å². The number of fused-ring (bicyclic) bond motifs is 1. The van der Waals surface area contributed by atoms with Crippen molar-refractivity contribution in [1.82, 2.24) is 19.1 Å². The molecule has 0 bridgehead atoms. The largest absolute Gasteiger partial charge is 0.322 e. The standard InChI is InChI=1S/C26H31N5O3S/c1-19-13-16-30(17-14-19)35(33,34)23-11-9-20(10-12-23)26(32)27-22-7-5-6-21(18-22)25-29-28-24-8-3-2-4-15-31(24)25/h5-7,9-12,18-19H,2-4,8,13-17H2,1H3,(H,27,32). The number of piperidine rings is 1. The molecule has 1 saturated heterocycles. The Hall–Kier alpha value is -3.04. The van der Waals surface area contributed by atoms with Gasteiger partial charge in [-0.2, -0.15) is 4.31 Å². The quantitative estimate of drug-likeness (QED) is 0.570. The fraction of sp³-hybridized carbons (Fsp3) is 0.423. The van der Waals surface area contributed by atoms with Crippen LogP contribution in [0.4, 0.5) is 5.69 Å². The van der Waals surface area contributed by atoms with Crippen LogP contribution in [-0.4, -0.2) is 46.5 Å². The van der Waals surface area contributed by atoms with E-state index in [1.54, 1.807) is 16.4 Å². The topological polar surface area (TPSA) is 97.2 Å². The first-order chi connectivity index (χ1) is 16.9. The maximum atomic E-state index is 13.0. The van der Waals surface area contributed by atoms with Gasteiger partial charge in [0, 0.05) is 42.9 Å². The molecule has 0 radical (unpaired) electrons. The molecule has 3 aromatic rings. The first-order valence-corrected chi connectivity index (χ1v) is 13.8. The first-order valence-electron chi connectivity index (χ1n) is 12.4. The average Bonchev–Trinajstić information content (AvgIpc) is 3.12. The molecule has 3 heterocycles. The molecule has 1 N–H and O–H groups in total. The molecule has 1 amide bonds. The summed E-state index contributed by atoms with van der Waals surface area (Å²) in [5.41, 5.74) is 1.95. The number of amides is 1. The van der Waals surface area contributed by atoms with Gasteiger partial charge in [0.1, 0.15) is 5.82 Å². The van der Waals surface area contributed by atoms with Crippen LogP contribution in [0.1, 0.15) is 55.2 Å². The summed E-state index contributed by atoms with van der Waals surface area (Å²) in [5.74, 6) is 2.09. The second-order valence-electron chi connectivity index (χ2n) is 9.55. The molecule has 35 heavy (non-hydrogen) atoms. The van der Waals surface area contributed by atoms with E-state index in [1.807, 2.05) is 24.3 Å². The van der Waals surface area contributed by atoms with E-state index in [-0.39, 0.29) is 10.8 Å². The van der Waals surface area contributed by atoms with Gasteiger partial charge >= 0.3 is 0 Å². The highest BCUT2D eigenvalue weighted by Gasteiger charge is 2.28. The van der Waals surface area contributed by atoms with Gasteiger partial charge in [-0.15, -0.1) is 10.2 Å². The van der Waals surface area contributed by atoms with Gasteiger partial charge in [0.2, 0.25) is 10.0 Å². The minimum atomic E-state index is -3.54. The van der Waals surface area contributed by atoms with Gasteiger partial charge in [0.05, 0.1) is 4.90 Å². The van der Waals surface area contributed by atoms with Crippen LogP contribution in [0.5, 0.6) is 0 Å². The molecule has 9 heteroatoms. The first kappa shape index (κ1) is 23.7. The summed E-state index contributed by atoms with van der Waals surface area (Å²) < 4.78 is 29.6. The van der Waals surface area contributed by atoms with Crippen LogP contribution in [0.3, 0.4) is 0 Å². The number of carbonyl (C=O) groups is 1. The molecule has 0 unspecified atom stereocenters. The van der Waals surface area contributed by atoms with Crippen LogP contribution >= 0.6 is 0 Å². The van der Waals surface area contributed by atoms with Gasteiger partial charge in [-0.1, -0.05) is 25.5 Å². The number of benzene rings is 2. The predicted molar refractivity (Wildman–Crippen MR) is 135 cm³/mol. The van der Waals surface area contributed by atoms with Crippen LogP contribution in [0.15, 0.2) is 53.4 Å². The maximum Gasteiger partial charge on any atom is 0.255 e. The van der Waals surface area contributed by atoms with Crippen molar-refractivity contribution in [3.8, 4) is 11.4 Å². The van der Waals surface area contributed by atoms with Gasteiger partial charge in [0.15, 0.2) is 5.82 Å². The summed E-state index contributed by atoms with van der Waals surface area (Å²) in [7, 11) is -3.54. The van der Waals surface area contributed by atoms with E-state index in [1.165, 1.54) is 18.6 Å². The molecule has 2 aromatic carbocycles. The number of nitrogens with one attached hydrogen (secondary N) is 1. The molecule has 184 valence electrons. The number of sulfonamides is 1. The highest BCUT2D eigenvalue weighted by molar-refractivity contribution is 7.89. The Morgan fingerprint density at radius 1 is 0.971 bits per heavy atom. The van der Waals surface area contributed by atoms with Crippen molar-refractivity contribution in [2.45, 2.75) is 56.9 Å². The number of aromatic nitrogens is 3. The third-order valence-corrected chi connectivity index (χ3v) is 8.90. The molecule has 1 fully saturated rings. The van der Waals surface area contributed by atoms with Crippen molar-refractivity contribution in [2.24, 2.45) is 5.92 Å². The lowest BCUT2D eigenvalue weighted by molar-refractivity contribution is 0.102. The minimum absolute atomic E-state index is 0.220. The summed E-state index contributed by atoms with van der Waals surface area (Å²) in [4.78, 5) is 13.1. The maximum absolute atomic E-state index is 13.0. The van der Waals surface area contributed by atoms with E-state index >= 15 is 0 Å². The Kier molecular flexibility index (Phi) is 6.71. The van der Waals surface area contributed by atoms with Crippen molar-refractivity contribution in [2.75, 3.05) is 18.4 Å². The van der Waals surface area contributed by atoms with Crippen LogP contribution in [0, 0.1) is 5.92 Å². The lowest BCUT2D eigenvalue weighted by atomic mass is 10.0. The molecule has 1 aromatic heterocycles. The third-order valence-electron chi connectivity index (χ3n) is 6.99. The summed E-state index contributed by atoms with van der Waals surface area (Å²) in [6.45, 7) is 4.13. The van der Waals surface area contributed by atoms with Crippen molar-refractivity contribution >= 4 is 21.6 Å². The van der Waals surface area contributed by atoms with Crippen molar-refractivity contribution in [1.29, 1.82) is 0 Å². The highest BCUT2D eigenvalue weighted by atomic mass is 32.2. The molecule has 8 nitrogen and oxygen atoms in total. The molecule has 2 aliphatic heterocycles. The Morgan fingerprint density at radius 2 is 1.74 bits per heavy atom. The molecular weight excluding hydrogens is 462 g/mol. The van der Waals surface area contributed by atoms with Gasteiger partial charge in [0.25, 0.3) is 5.91 Å². The summed E-state index contributed by atoms with van der Waals surface area (Å²) >= 11 is 0. The minimum Gasteiger partial charge on any atom is -0.322 e. The number of rotatable bonds is 5. The summed E-state index contributed by atoms with van der Waals surface area (Å²) in [6.07, 6.45) is 6.11. The number of carbonyl (C=O) groups excluding carboxylic acids is 1. The molecule has 2 aliphatic rings. The fourth-order valence-corrected chi connectivity index (χ4v) is 6.26. The number of nitrogens with zero attached hydrogens (tertiary/aromatic N) is 4. The van der Waals surface area contributed by atoms with E-state index in [9.17, 15) is 13.2 Å². The average molecular weight is 494 g/mol. The molecule has 0 saturated carbocycles. The number of hydrogen-bond acceptors (Lipinski definition) is 5. The lowest BCUT2D eigenvalue weighted by Crippen LogP contribution is -2.37. The normalized spacial score (nSPS) is 17.5. The number of hydrogen-bond donors (Lipinski definition) is 1. The van der Waals surface area contributed by atoms with Crippen LogP contribution in [0.25, 0.3) is 11.4 Å². The lowest BCUT2D eigenvalue weighted by Gasteiger charge is -2.29. The van der Waals surface area contributed by atoms with Gasteiger partial charge in [-0.3, -0.25) is 4.79 Å². The Bertz CT molecular complexity index is 1310. The summed E-state index contributed by atoms with van der Waals surface area (Å²) in [5, 5.41) is 11.7. The Morgan fingerprint density at radius 3 is 2.51 bits per heavy atom. The number of anilines is 1. The fourth-order valence-electron chi connectivity index (χ4n) is 4.79. The Labute approximate surface area is 206 Å². The molecule has 0 spiro atoms. The molecular formula is C26H31N5O3S. The Balaban J connectivity index is 1.30. The zero-order valence-corrected chi connectivity index (χ0v) is 20.8. The molecule has 0 atom stereocenters. The second-order valence-corrected chi connectivity index (χ2v) is 11.5. The van der Waals surface area contributed by atoms with Gasteiger partial charge < -0.3 is 9.88 Å². The smallest absolute Gasteiger partial charge is 0.255 e. The number of aryl methyl sites for hydroxylation is 1. The van der Waals surface area contributed by atoms with E-state index in [0.29, 0.717) is 30.3 Å². The highest BCUT2D eigenvalue weighted by Crippen LogP contribution is 2.26. The van der Waals surface area contributed by atoms with Crippen molar-refractivity contribution in [3.63, 3.8) is 0 Å². The zero-order valence-electron chi connectivity index (χ0n) is 20.0. The molecule has 5 rings (SSSR count). The predicted octanol–water partition coefficient (Wildman–Crippen LogP) is 4.34. The van der Waals surface area contributed by atoms with Gasteiger partial charge in [-0.25, -0.2) is 8.42 Å². The second kappa shape index (κ2) is 9.91. The monoisotopic (exact) mass is 493 g/mol. The third kappa shape index (κ3) is 5.01. The van der Waals surface area contributed by atoms with Crippen LogP contribution in [-0.2, 0) is 23.0 Å². The van der Waals surface area contributed by atoms with Gasteiger partial charge in [-0.05, 0) is 68.0 Å². The molecule has 0 aliphatic carbocycles.